The number of aromatic nitrogens is 2. The zero-order valence-electron chi connectivity index (χ0n) is 15.1. The van der Waals surface area contributed by atoms with E-state index in [0.717, 1.165) is 6.21 Å². The van der Waals surface area contributed by atoms with Gasteiger partial charge in [-0.25, -0.2) is 5.43 Å². The number of nitrogens with zero attached hydrogens (tertiary/aromatic N) is 2. The molecule has 9 nitrogen and oxygen atoms in total. The van der Waals surface area contributed by atoms with Gasteiger partial charge in [0.25, 0.3) is 11.5 Å². The van der Waals surface area contributed by atoms with Crippen molar-refractivity contribution in [3.8, 4) is 23.1 Å². The number of rotatable bonds is 5. The van der Waals surface area contributed by atoms with Crippen LogP contribution in [-0.2, 0) is 0 Å². The van der Waals surface area contributed by atoms with Gasteiger partial charge in [0.2, 0.25) is 5.88 Å². The van der Waals surface area contributed by atoms with Crippen molar-refractivity contribution in [3.63, 3.8) is 0 Å². The summed E-state index contributed by atoms with van der Waals surface area (Å²) in [5.74, 6) is -0.969. The van der Waals surface area contributed by atoms with Crippen LogP contribution < -0.4 is 15.7 Å². The van der Waals surface area contributed by atoms with Crippen LogP contribution in [0, 0.1) is 4.77 Å². The Morgan fingerprint density at radius 3 is 2.62 bits per heavy atom. The number of para-hydroxylation sites is 3. The number of amides is 1. The third-order valence-corrected chi connectivity index (χ3v) is 4.24. The van der Waals surface area contributed by atoms with Crippen molar-refractivity contribution in [3.05, 3.63) is 74.8 Å². The molecule has 1 aromatic heterocycles. The maximum atomic E-state index is 12.2. The highest BCUT2D eigenvalue weighted by atomic mass is 32.1. The van der Waals surface area contributed by atoms with Gasteiger partial charge in [-0.3, -0.25) is 19.1 Å². The van der Waals surface area contributed by atoms with Gasteiger partial charge in [0, 0.05) is 0 Å². The van der Waals surface area contributed by atoms with Crippen LogP contribution in [0.15, 0.2) is 58.4 Å². The quantitative estimate of drug-likeness (QED) is 0.288. The summed E-state index contributed by atoms with van der Waals surface area (Å²) in [4.78, 5) is 26.7. The number of benzene rings is 2. The van der Waals surface area contributed by atoms with Crippen molar-refractivity contribution < 1.29 is 19.7 Å². The number of H-pyrrole nitrogens is 1. The number of hydrogen-bond donors (Lipinski definition) is 4. The molecule has 0 radical (unpaired) electrons. The molecule has 2 aromatic carbocycles. The summed E-state index contributed by atoms with van der Waals surface area (Å²) in [5, 5.41) is 24.0. The van der Waals surface area contributed by atoms with Gasteiger partial charge in [0.05, 0.1) is 24.6 Å². The molecule has 0 aliphatic heterocycles. The fraction of sp³-hybridized carbons (Fsp3) is 0.0526. The van der Waals surface area contributed by atoms with Gasteiger partial charge in [-0.1, -0.05) is 24.3 Å². The van der Waals surface area contributed by atoms with E-state index in [1.807, 2.05) is 0 Å². The maximum Gasteiger partial charge on any atom is 0.275 e. The Bertz CT molecular complexity index is 1220. The average molecular weight is 412 g/mol. The number of carbonyl (C=O) groups excluding carboxylic acids is 1. The minimum absolute atomic E-state index is 0.00720. The summed E-state index contributed by atoms with van der Waals surface area (Å²) in [6.45, 7) is 0. The molecule has 0 aliphatic rings. The van der Waals surface area contributed by atoms with Gasteiger partial charge >= 0.3 is 0 Å². The van der Waals surface area contributed by atoms with Crippen molar-refractivity contribution in [2.75, 3.05) is 7.11 Å². The predicted octanol–water partition coefficient (Wildman–Crippen LogP) is 2.08. The largest absolute Gasteiger partial charge is 0.507 e. The summed E-state index contributed by atoms with van der Waals surface area (Å²) in [5.41, 5.74) is 1.67. The van der Waals surface area contributed by atoms with Crippen LogP contribution in [0.2, 0.25) is 0 Å². The van der Waals surface area contributed by atoms with Crippen molar-refractivity contribution in [1.82, 2.24) is 15.0 Å². The number of carbonyl (C=O) groups is 1. The summed E-state index contributed by atoms with van der Waals surface area (Å²) in [6, 6.07) is 12.7. The maximum absolute atomic E-state index is 12.2. The molecule has 0 unspecified atom stereocenters. The highest BCUT2D eigenvalue weighted by Crippen LogP contribution is 2.26. The molecule has 0 saturated carbocycles. The Morgan fingerprint density at radius 2 is 1.90 bits per heavy atom. The Kier molecular flexibility index (Phi) is 5.74. The minimum Gasteiger partial charge on any atom is -0.507 e. The monoisotopic (exact) mass is 412 g/mol. The number of nitrogens with one attached hydrogen (secondary N) is 2. The molecular weight excluding hydrogens is 396 g/mol. The highest BCUT2D eigenvalue weighted by Gasteiger charge is 2.16. The lowest BCUT2D eigenvalue weighted by molar-refractivity contribution is 0.0952. The van der Waals surface area contributed by atoms with E-state index >= 15 is 0 Å². The number of hydrazone groups is 1. The lowest BCUT2D eigenvalue weighted by Crippen LogP contribution is -2.21. The summed E-state index contributed by atoms with van der Waals surface area (Å²) >= 11 is 5.16. The van der Waals surface area contributed by atoms with E-state index in [9.17, 15) is 19.8 Å². The molecule has 10 heteroatoms. The third-order valence-electron chi connectivity index (χ3n) is 3.96. The molecule has 1 amide bonds. The highest BCUT2D eigenvalue weighted by molar-refractivity contribution is 7.71. The first-order chi connectivity index (χ1) is 13.9. The third kappa shape index (κ3) is 4.01. The van der Waals surface area contributed by atoms with Gasteiger partial charge in [0.1, 0.15) is 17.1 Å². The van der Waals surface area contributed by atoms with E-state index in [2.05, 4.69) is 15.5 Å². The standard InChI is InChI=1S/C19H16N4O5S/c1-28-15-9-5-3-7-13(15)23-18(27)12(16(25)21-19(23)29)10-20-22-17(26)11-6-2-4-8-14(11)24/h2-10,24,27H,1H3,(H,22,26)(H,21,25,29)/b20-10+. The number of hydrogen-bond acceptors (Lipinski definition) is 7. The first-order valence-corrected chi connectivity index (χ1v) is 8.68. The molecule has 3 rings (SSSR count). The van der Waals surface area contributed by atoms with E-state index in [0.29, 0.717) is 11.4 Å². The van der Waals surface area contributed by atoms with Gasteiger partial charge in [0.15, 0.2) is 4.77 Å². The van der Waals surface area contributed by atoms with Crippen LogP contribution >= 0.6 is 12.2 Å². The molecule has 0 aliphatic carbocycles. The summed E-state index contributed by atoms with van der Waals surface area (Å²) in [7, 11) is 1.46. The predicted molar refractivity (Wildman–Crippen MR) is 109 cm³/mol. The Morgan fingerprint density at radius 1 is 1.21 bits per heavy atom. The molecule has 148 valence electrons. The van der Waals surface area contributed by atoms with Crippen LogP contribution in [0.1, 0.15) is 15.9 Å². The second-order valence-corrected chi connectivity index (χ2v) is 6.11. The fourth-order valence-electron chi connectivity index (χ4n) is 2.57. The van der Waals surface area contributed by atoms with Crippen molar-refractivity contribution in [2.24, 2.45) is 5.10 Å². The van der Waals surface area contributed by atoms with Crippen LogP contribution in [0.25, 0.3) is 5.69 Å². The number of phenolic OH excluding ortho intramolecular Hbond substituents is 1. The van der Waals surface area contributed by atoms with E-state index in [1.165, 1.54) is 23.8 Å². The second kappa shape index (κ2) is 8.40. The van der Waals surface area contributed by atoms with E-state index in [-0.39, 0.29) is 21.6 Å². The summed E-state index contributed by atoms with van der Waals surface area (Å²) in [6.07, 6.45) is 0.979. The molecule has 0 atom stereocenters. The Balaban J connectivity index is 1.98. The van der Waals surface area contributed by atoms with Crippen LogP contribution in [-0.4, -0.2) is 39.0 Å². The van der Waals surface area contributed by atoms with Gasteiger partial charge < -0.3 is 14.9 Å². The van der Waals surface area contributed by atoms with Gasteiger partial charge in [-0.15, -0.1) is 0 Å². The number of aromatic hydroxyl groups is 2. The number of methoxy groups -OCH3 is 1. The first-order valence-electron chi connectivity index (χ1n) is 8.27. The second-order valence-electron chi connectivity index (χ2n) is 5.72. The normalized spacial score (nSPS) is 10.8. The Hall–Kier alpha value is -3.92. The number of ether oxygens (including phenoxy) is 1. The lowest BCUT2D eigenvalue weighted by atomic mass is 10.2. The van der Waals surface area contributed by atoms with E-state index < -0.39 is 17.3 Å². The zero-order chi connectivity index (χ0) is 21.0. The molecule has 0 bridgehead atoms. The molecular formula is C19H16N4O5S. The van der Waals surface area contributed by atoms with Crippen molar-refractivity contribution >= 4 is 24.3 Å². The number of phenols is 1. The molecule has 0 fully saturated rings. The smallest absolute Gasteiger partial charge is 0.275 e. The zero-order valence-corrected chi connectivity index (χ0v) is 15.9. The van der Waals surface area contributed by atoms with E-state index in [4.69, 9.17) is 17.0 Å². The first kappa shape index (κ1) is 19.8. The summed E-state index contributed by atoms with van der Waals surface area (Å²) < 4.78 is 6.43. The minimum atomic E-state index is -0.695. The van der Waals surface area contributed by atoms with Gasteiger partial charge in [-0.05, 0) is 36.5 Å². The van der Waals surface area contributed by atoms with Crippen LogP contribution in [0.5, 0.6) is 17.4 Å². The fourth-order valence-corrected chi connectivity index (χ4v) is 2.85. The van der Waals surface area contributed by atoms with Crippen molar-refractivity contribution in [1.29, 1.82) is 0 Å². The Labute approximate surface area is 169 Å². The molecule has 4 N–H and O–H groups in total. The van der Waals surface area contributed by atoms with Crippen LogP contribution in [0.3, 0.4) is 0 Å². The van der Waals surface area contributed by atoms with E-state index in [1.54, 1.807) is 36.4 Å². The molecule has 0 spiro atoms. The van der Waals surface area contributed by atoms with Crippen LogP contribution in [0.4, 0.5) is 0 Å². The topological polar surface area (TPSA) is 129 Å². The molecule has 0 saturated heterocycles. The van der Waals surface area contributed by atoms with Crippen molar-refractivity contribution in [2.45, 2.75) is 0 Å². The molecule has 1 heterocycles. The lowest BCUT2D eigenvalue weighted by Gasteiger charge is -2.14. The van der Waals surface area contributed by atoms with Gasteiger partial charge in [-0.2, -0.15) is 5.10 Å². The SMILES string of the molecule is COc1ccccc1-n1c(O)c(/C=N/NC(=O)c2ccccc2O)c(=O)[nH]c1=S. The average Bonchev–Trinajstić information content (AvgIpc) is 2.70. The number of aromatic amines is 1. The molecule has 29 heavy (non-hydrogen) atoms. The molecule has 3 aromatic rings.